The molecule has 6 aliphatic rings. The monoisotopic (exact) mass is 2020 g/mol. The van der Waals surface area contributed by atoms with E-state index in [0.29, 0.717) is 12.8 Å². The zero-order chi connectivity index (χ0) is 104. The molecule has 812 valence electrons. The Morgan fingerprint density at radius 3 is 1.19 bits per heavy atom. The minimum atomic E-state index is -3.71. The van der Waals surface area contributed by atoms with E-state index >= 15 is 0 Å². The summed E-state index contributed by atoms with van der Waals surface area (Å²) >= 11 is 0. The molecule has 140 heavy (non-hydrogen) atoms. The summed E-state index contributed by atoms with van der Waals surface area (Å²) in [5.74, 6) is -23.5. The fourth-order valence-corrected chi connectivity index (χ4v) is 19.0. The minimum Gasteiger partial charge on any atom is -0.477 e. The summed E-state index contributed by atoms with van der Waals surface area (Å²) in [6, 6.07) is -7.20. The van der Waals surface area contributed by atoms with Crippen LogP contribution in [0, 0.1) is 5.92 Å². The van der Waals surface area contributed by atoms with Gasteiger partial charge in [0.05, 0.1) is 101 Å². The van der Waals surface area contributed by atoms with Crippen LogP contribution in [0.2, 0.25) is 0 Å². The highest BCUT2D eigenvalue weighted by atomic mass is 16.8. The third-order valence-electron chi connectivity index (χ3n) is 26.8. The number of carbonyl (C=O) groups is 8. The number of aliphatic hydroxyl groups excluding tert-OH is 19. The van der Waals surface area contributed by atoms with Crippen LogP contribution in [0.25, 0.3) is 0 Å². The second kappa shape index (κ2) is 62.6. The average Bonchev–Trinajstić information content (AvgIpc) is 0.752. The van der Waals surface area contributed by atoms with Gasteiger partial charge in [-0.2, -0.15) is 0 Å². The maximum atomic E-state index is 14.5. The van der Waals surface area contributed by atoms with Crippen molar-refractivity contribution < 1.29 is 208 Å². The number of ketones is 1. The summed E-state index contributed by atoms with van der Waals surface area (Å²) in [6.07, 6.45) is -29.1. The molecular weight excluding hydrogens is 1860 g/mol. The van der Waals surface area contributed by atoms with E-state index in [9.17, 15) is 151 Å². The Morgan fingerprint density at radius 2 is 0.779 bits per heavy atom. The van der Waals surface area contributed by atoms with Gasteiger partial charge in [0, 0.05) is 58.8 Å². The standard InChI is InChI=1S/C94H164N4O42/c1-7-9-11-13-15-17-19-21-22-23-24-25-26-28-30-32-34-36-38-40-68(114)98-57(58(109)39-37-35-33-31-29-27-20-18-16-14-12-10-8-2)51-129-87-78(121)77(120)80(66(49-103)131-87)133-88-79(122)85(81(67(50-104)132-88)134-86-56(41-52(3)105)72(115)74(117)63(46-100)130-86)140-94(91(127)128)44-61(112)71(97-55(6)108)84(139-94)76(119)65(48-102)136-93(90(125)126)43-60(111)70(96-54(5)107)83(138-93)75(118)64(47-101)135-92(89(123)124)42-59(110)69(95-53(4)106)82(137-92)73(116)62(113)45-99/h21-22,56-67,69-88,99-104,109-113,115-122H,7-20,23-51H2,1-6H3,(H,95,106)(H,96,107)(H,97,108)(H,98,114)(H,123,124)(H,125,126)(H,127,128)/t56-,57+,58-,59+,60+,61+,62-,63-,64-,65-,66-,67-,69-,70-,71-,72-,73-,74+,75-,76-,77-,78-,79-,80-,81+,82?,83?,84?,85-,86+,87-,88+,92-,93-,94+/m1/s1. The number of hydrogen-bond donors (Lipinski definition) is 26. The zero-order valence-electron chi connectivity index (χ0n) is 81.5. The van der Waals surface area contributed by atoms with Crippen LogP contribution in [-0.2, 0) is 95.2 Å². The summed E-state index contributed by atoms with van der Waals surface area (Å²) in [5, 5.41) is 262. The molecule has 0 radical (unpaired) electrons. The predicted octanol–water partition coefficient (Wildman–Crippen LogP) is -1.87. The summed E-state index contributed by atoms with van der Waals surface area (Å²) in [4.78, 5) is 107. The van der Waals surface area contributed by atoms with Crippen molar-refractivity contribution in [1.82, 2.24) is 21.3 Å². The Bertz CT molecular complexity index is 3640. The van der Waals surface area contributed by atoms with Gasteiger partial charge < -0.3 is 195 Å². The van der Waals surface area contributed by atoms with Crippen molar-refractivity contribution in [2.75, 3.05) is 46.2 Å². The van der Waals surface area contributed by atoms with Crippen LogP contribution >= 0.6 is 0 Å². The SMILES string of the molecule is CCCCCCCCC=CCCCCCCCCCCCC(=O)N[C@@H](CO[C@@H]1O[C@H](CO)[C@@H](O[C@@H]2O[C@H](CO)[C@H](O[C@@H]3O[C@H](CO)[C@H](O)[C@H](O)[C@H]3CC(C)=O)[C@H](O[C@]3(C(=O)O)C[C@H](O)[C@@H](NC(C)=O)C([C@H](O)[C@@H](CO)O[C@]4(C(=O)O)C[C@H](O)[C@@H](NC(C)=O)C([C@H](O)[C@@H](CO)O[C@]5(C(=O)O)C[C@H](O)[C@@H](NC(C)=O)C([C@H](O)[C@H](O)CO)O5)O4)O3)[C@H]2O)[C@H](O)[C@H]1O)[C@H](O)CCCCCCCCCCCCCCC. The molecule has 0 bridgehead atoms. The third kappa shape index (κ3) is 36.5. The lowest BCUT2D eigenvalue weighted by Crippen LogP contribution is -2.72. The molecule has 35 atom stereocenters. The van der Waals surface area contributed by atoms with Gasteiger partial charge in [0.15, 0.2) is 18.9 Å². The number of ether oxygens (including phenoxy) is 12. The van der Waals surface area contributed by atoms with Gasteiger partial charge in [-0.15, -0.1) is 0 Å². The Morgan fingerprint density at radius 1 is 0.400 bits per heavy atom. The molecule has 0 aliphatic carbocycles. The van der Waals surface area contributed by atoms with Crippen LogP contribution in [0.1, 0.15) is 273 Å². The maximum absolute atomic E-state index is 14.5. The first-order valence-corrected chi connectivity index (χ1v) is 50.0. The molecule has 0 aromatic rings. The predicted molar refractivity (Wildman–Crippen MR) is 488 cm³/mol. The van der Waals surface area contributed by atoms with Gasteiger partial charge in [0.2, 0.25) is 23.6 Å². The number of aliphatic hydroxyl groups is 19. The van der Waals surface area contributed by atoms with Crippen molar-refractivity contribution in [3.8, 4) is 0 Å². The molecular formula is C94H164N4O42. The van der Waals surface area contributed by atoms with E-state index in [-0.39, 0.29) is 12.8 Å². The van der Waals surface area contributed by atoms with Crippen LogP contribution in [0.5, 0.6) is 0 Å². The number of carboxylic acids is 3. The normalized spacial score (nSPS) is 33.4. The smallest absolute Gasteiger partial charge is 0.364 e. The van der Waals surface area contributed by atoms with E-state index in [2.05, 4.69) is 47.3 Å². The van der Waals surface area contributed by atoms with Crippen molar-refractivity contribution in [2.24, 2.45) is 5.92 Å². The number of nitrogens with one attached hydrogen (secondary N) is 4. The van der Waals surface area contributed by atoms with Crippen LogP contribution < -0.4 is 21.3 Å². The second-order valence-electron chi connectivity index (χ2n) is 38.2. The Labute approximate surface area is 816 Å². The number of carboxylic acid groups (broad SMARTS) is 3. The minimum absolute atomic E-state index is 0.101. The van der Waals surface area contributed by atoms with Crippen molar-refractivity contribution >= 4 is 47.3 Å². The molecule has 0 aromatic carbocycles. The Hall–Kier alpha value is -5.54. The fraction of sp³-hybridized carbons (Fsp3) is 0.894. The fourth-order valence-electron chi connectivity index (χ4n) is 19.0. The highest BCUT2D eigenvalue weighted by molar-refractivity contribution is 5.79. The lowest BCUT2D eigenvalue weighted by molar-refractivity contribution is -0.404. The molecule has 0 spiro atoms. The number of aliphatic carboxylic acids is 3. The molecule has 6 fully saturated rings. The first-order valence-electron chi connectivity index (χ1n) is 50.0. The van der Waals surface area contributed by atoms with Crippen LogP contribution in [0.3, 0.4) is 0 Å². The van der Waals surface area contributed by atoms with Gasteiger partial charge in [-0.05, 0) is 45.4 Å². The van der Waals surface area contributed by atoms with Crippen LogP contribution in [0.15, 0.2) is 12.2 Å². The maximum Gasteiger partial charge on any atom is 0.364 e. The van der Waals surface area contributed by atoms with Crippen LogP contribution in [0.4, 0.5) is 0 Å². The van der Waals surface area contributed by atoms with E-state index in [1.165, 1.54) is 77.0 Å². The van der Waals surface area contributed by atoms with E-state index < -0.39 is 332 Å². The topological polar surface area (TPSA) is 741 Å². The van der Waals surface area contributed by atoms with Crippen molar-refractivity contribution in [3.63, 3.8) is 0 Å². The van der Waals surface area contributed by atoms with Gasteiger partial charge in [-0.3, -0.25) is 19.2 Å². The van der Waals surface area contributed by atoms with Crippen molar-refractivity contribution in [3.05, 3.63) is 12.2 Å². The van der Waals surface area contributed by atoms with Crippen molar-refractivity contribution in [2.45, 2.75) is 480 Å². The molecule has 46 nitrogen and oxygen atoms in total. The Balaban J connectivity index is 1.29. The third-order valence-corrected chi connectivity index (χ3v) is 26.8. The van der Waals surface area contributed by atoms with Crippen LogP contribution in [-0.4, -0.2) is 413 Å². The summed E-state index contributed by atoms with van der Waals surface area (Å²) in [5.41, 5.74) is 0. The summed E-state index contributed by atoms with van der Waals surface area (Å²) < 4.78 is 72.1. The lowest BCUT2D eigenvalue weighted by atomic mass is 9.86. The zero-order valence-corrected chi connectivity index (χ0v) is 81.5. The summed E-state index contributed by atoms with van der Waals surface area (Å²) in [7, 11) is 0. The number of unbranched alkanes of at least 4 members (excludes halogenated alkanes) is 27. The van der Waals surface area contributed by atoms with Gasteiger partial charge >= 0.3 is 17.9 Å². The number of Topliss-reactive ketones (excluding diaryl/α,β-unsaturated/α-hetero) is 1. The largest absolute Gasteiger partial charge is 0.477 e. The molecule has 6 saturated heterocycles. The van der Waals surface area contributed by atoms with Gasteiger partial charge in [0.25, 0.3) is 17.4 Å². The molecule has 6 rings (SSSR count). The number of amides is 4. The van der Waals surface area contributed by atoms with E-state index in [0.717, 1.165) is 130 Å². The molecule has 0 aromatic heterocycles. The molecule has 46 heteroatoms. The second-order valence-corrected chi connectivity index (χ2v) is 38.2. The van der Waals surface area contributed by atoms with E-state index in [4.69, 9.17) is 56.8 Å². The van der Waals surface area contributed by atoms with E-state index in [1.54, 1.807) is 0 Å². The molecule has 6 aliphatic heterocycles. The van der Waals surface area contributed by atoms with Gasteiger partial charge in [0.1, 0.15) is 122 Å². The number of hydrogen-bond acceptors (Lipinski definition) is 39. The Kier molecular flexibility index (Phi) is 55.0. The van der Waals surface area contributed by atoms with Gasteiger partial charge in [-0.1, -0.05) is 187 Å². The van der Waals surface area contributed by atoms with Gasteiger partial charge in [-0.25, -0.2) is 14.4 Å². The molecule has 0 saturated carbocycles. The quantitative estimate of drug-likeness (QED) is 0.0234. The highest BCUT2D eigenvalue weighted by Crippen LogP contribution is 2.45. The first kappa shape index (κ1) is 123. The van der Waals surface area contributed by atoms with E-state index in [1.807, 2.05) is 0 Å². The molecule has 26 N–H and O–H groups in total. The summed E-state index contributed by atoms with van der Waals surface area (Å²) in [6.45, 7) is -0.508. The highest BCUT2D eigenvalue weighted by Gasteiger charge is 2.65. The number of carbonyl (C=O) groups excluding carboxylic acids is 5. The average molecular weight is 2020 g/mol. The van der Waals surface area contributed by atoms with Crippen molar-refractivity contribution in [1.29, 1.82) is 0 Å². The lowest BCUT2D eigenvalue weighted by Gasteiger charge is -2.53. The molecule has 6 heterocycles. The first-order chi connectivity index (χ1) is 66.6. The number of rotatable bonds is 68. The number of allylic oxidation sites excluding steroid dienone is 2. The molecule has 3 unspecified atom stereocenters. The molecule has 4 amide bonds.